The van der Waals surface area contributed by atoms with Gasteiger partial charge in [-0.05, 0) is 44.8 Å². The average Bonchev–Trinajstić information content (AvgIpc) is 2.85. The molecule has 0 spiro atoms. The van der Waals surface area contributed by atoms with E-state index in [-0.39, 0.29) is 24.0 Å². The van der Waals surface area contributed by atoms with E-state index in [4.69, 9.17) is 4.74 Å². The van der Waals surface area contributed by atoms with Crippen molar-refractivity contribution in [3.63, 3.8) is 0 Å². The van der Waals surface area contributed by atoms with Gasteiger partial charge in [0.05, 0.1) is 19.8 Å². The van der Waals surface area contributed by atoms with Gasteiger partial charge in [-0.15, -0.1) is 29.9 Å². The molecule has 0 N–H and O–H groups in total. The molecular weight excluding hydrogens is 511 g/mol. The number of ether oxygens (including phenoxy) is 1. The number of hydrogen-bond donors (Lipinski definition) is 0. The van der Waals surface area contributed by atoms with Gasteiger partial charge in [-0.1, -0.05) is 45.7 Å². The Kier molecular flexibility index (Phi) is 19.1. The zero-order valence-corrected chi connectivity index (χ0v) is 23.7. The Bertz CT molecular complexity index is 615. The second kappa shape index (κ2) is 19.6. The van der Waals surface area contributed by atoms with E-state index in [1.54, 1.807) is 0 Å². The molecule has 0 aromatic heterocycles. The lowest BCUT2D eigenvalue weighted by atomic mass is 10.1. The van der Waals surface area contributed by atoms with E-state index in [1.165, 1.54) is 30.9 Å². The first-order valence-electron chi connectivity index (χ1n) is 12.1. The van der Waals surface area contributed by atoms with Gasteiger partial charge in [0.25, 0.3) is 0 Å². The van der Waals surface area contributed by atoms with Crippen LogP contribution in [0.3, 0.4) is 0 Å². The molecule has 0 radical (unpaired) electrons. The fourth-order valence-electron chi connectivity index (χ4n) is 3.51. The maximum atomic E-state index is 5.19. The average molecular weight is 559 g/mol. The van der Waals surface area contributed by atoms with Crippen molar-refractivity contribution in [3.8, 4) is 11.8 Å². The number of benzene rings is 1. The normalized spacial score (nSPS) is 16.5. The first-order valence-corrected chi connectivity index (χ1v) is 12.1. The maximum absolute atomic E-state index is 5.19. The minimum atomic E-state index is 0. The van der Waals surface area contributed by atoms with Crippen molar-refractivity contribution in [2.45, 2.75) is 41.2 Å². The first-order chi connectivity index (χ1) is 15.2. The Balaban J connectivity index is 0.000000628. The Morgan fingerprint density at radius 1 is 0.906 bits per heavy atom. The summed E-state index contributed by atoms with van der Waals surface area (Å²) in [6, 6.07) is 9.10. The van der Waals surface area contributed by atoms with E-state index in [9.17, 15) is 0 Å². The third kappa shape index (κ3) is 12.4. The number of hydrogen-bond acceptors (Lipinski definition) is 5. The van der Waals surface area contributed by atoms with Crippen LogP contribution in [-0.2, 0) is 11.3 Å². The number of morpholine rings is 1. The van der Waals surface area contributed by atoms with Crippen molar-refractivity contribution in [3.05, 3.63) is 29.8 Å². The van der Waals surface area contributed by atoms with Gasteiger partial charge in [0, 0.05) is 51.5 Å². The zero-order valence-electron chi connectivity index (χ0n) is 21.4. The topological polar surface area (TPSA) is 22.2 Å². The third-order valence-corrected chi connectivity index (χ3v) is 5.70. The van der Waals surface area contributed by atoms with E-state index in [0.29, 0.717) is 0 Å². The van der Waals surface area contributed by atoms with Gasteiger partial charge in [-0.3, -0.25) is 4.90 Å². The summed E-state index contributed by atoms with van der Waals surface area (Å²) in [5.74, 6) is 5.92. The molecule has 0 aliphatic carbocycles. The number of halogens is 1. The molecule has 0 bridgehead atoms. The smallest absolute Gasteiger partial charge is 0.0603 e. The quantitative estimate of drug-likeness (QED) is 0.384. The number of nitrogens with zero attached hydrogens (tertiary/aromatic N) is 4. The summed E-state index contributed by atoms with van der Waals surface area (Å²) in [7, 11) is 2.16. The summed E-state index contributed by atoms with van der Waals surface area (Å²) in [5, 5.41) is 0. The van der Waals surface area contributed by atoms with Gasteiger partial charge in [-0.25, -0.2) is 0 Å². The molecule has 2 fully saturated rings. The fraction of sp³-hybridized carbons (Fsp3) is 0.692. The van der Waals surface area contributed by atoms with Crippen molar-refractivity contribution in [2.75, 3.05) is 84.1 Å². The van der Waals surface area contributed by atoms with Crippen LogP contribution in [-0.4, -0.2) is 93.9 Å². The van der Waals surface area contributed by atoms with E-state index >= 15 is 0 Å². The number of likely N-dealkylation sites (N-methyl/N-ethyl adjacent to an activating group) is 1. The first kappa shape index (κ1) is 31.1. The summed E-state index contributed by atoms with van der Waals surface area (Å²) in [6.07, 6.45) is 0. The number of piperazine rings is 1. The minimum absolute atomic E-state index is 0. The van der Waals surface area contributed by atoms with Crippen LogP contribution in [0.2, 0.25) is 0 Å². The number of rotatable bonds is 6. The van der Waals surface area contributed by atoms with Gasteiger partial charge < -0.3 is 19.4 Å². The molecule has 184 valence electrons. The van der Waals surface area contributed by atoms with Gasteiger partial charge in [0.15, 0.2) is 0 Å². The van der Waals surface area contributed by atoms with E-state index in [2.05, 4.69) is 76.6 Å². The van der Waals surface area contributed by atoms with E-state index in [1.807, 2.05) is 20.8 Å². The van der Waals surface area contributed by atoms with Gasteiger partial charge in [0.1, 0.15) is 0 Å². The van der Waals surface area contributed by atoms with Gasteiger partial charge in [-0.2, -0.15) is 0 Å². The van der Waals surface area contributed by atoms with Crippen molar-refractivity contribution in [2.24, 2.45) is 0 Å². The van der Waals surface area contributed by atoms with Crippen molar-refractivity contribution < 1.29 is 4.74 Å². The molecule has 0 saturated carbocycles. The Morgan fingerprint density at radius 3 is 2.00 bits per heavy atom. The molecule has 2 heterocycles. The molecule has 0 unspecified atom stereocenters. The van der Waals surface area contributed by atoms with Crippen LogP contribution in [0.25, 0.3) is 0 Å². The lowest BCUT2D eigenvalue weighted by molar-refractivity contribution is 0.0443. The molecule has 0 atom stereocenters. The molecule has 5 nitrogen and oxygen atoms in total. The van der Waals surface area contributed by atoms with Gasteiger partial charge >= 0.3 is 0 Å². The largest absolute Gasteiger partial charge is 0.379 e. The van der Waals surface area contributed by atoms with Crippen LogP contribution in [0.1, 0.15) is 40.2 Å². The predicted molar refractivity (Wildman–Crippen MR) is 150 cm³/mol. The molecule has 6 heteroatoms. The molecular formula is C26H47IN4O. The summed E-state index contributed by atoms with van der Waals surface area (Å²) < 4.78 is 5.19. The maximum Gasteiger partial charge on any atom is 0.0603 e. The number of anilines is 1. The Labute approximate surface area is 215 Å². The van der Waals surface area contributed by atoms with Crippen molar-refractivity contribution in [1.82, 2.24) is 14.7 Å². The standard InChI is InChI=1S/C16H27N3.C8H13NO.C2H6.HI/c1-4-17(3)14-15-6-8-16(9-7-15)19-12-10-18(5-2)11-13-19;1-2-3-4-9-5-7-10-8-6-9;1-2;/h6-9H,4-5,10-14H2,1-3H3;4-8H2,1H3;1-2H3;1H. The van der Waals surface area contributed by atoms with Crippen LogP contribution in [0, 0.1) is 11.8 Å². The van der Waals surface area contributed by atoms with Crippen LogP contribution in [0.15, 0.2) is 24.3 Å². The van der Waals surface area contributed by atoms with Crippen molar-refractivity contribution in [1.29, 1.82) is 0 Å². The van der Waals surface area contributed by atoms with Crippen LogP contribution < -0.4 is 4.90 Å². The monoisotopic (exact) mass is 558 g/mol. The molecule has 1 aromatic carbocycles. The lowest BCUT2D eigenvalue weighted by Gasteiger charge is -2.35. The highest BCUT2D eigenvalue weighted by Crippen LogP contribution is 2.18. The summed E-state index contributed by atoms with van der Waals surface area (Å²) >= 11 is 0. The molecule has 0 amide bonds. The summed E-state index contributed by atoms with van der Waals surface area (Å²) in [5.41, 5.74) is 2.78. The molecule has 3 rings (SSSR count). The molecule has 2 aliphatic rings. The highest BCUT2D eigenvalue weighted by molar-refractivity contribution is 14.0. The lowest BCUT2D eigenvalue weighted by Crippen LogP contribution is -2.46. The third-order valence-electron chi connectivity index (χ3n) is 5.70. The second-order valence-corrected chi connectivity index (χ2v) is 7.73. The predicted octanol–water partition coefficient (Wildman–Crippen LogP) is 4.27. The Morgan fingerprint density at radius 2 is 1.50 bits per heavy atom. The second-order valence-electron chi connectivity index (χ2n) is 7.73. The Hall–Kier alpha value is -0.850. The van der Waals surface area contributed by atoms with Gasteiger partial charge in [0.2, 0.25) is 0 Å². The SMILES string of the molecule is CC.CC#CCN1CCOCC1.CCN(C)Cc1ccc(N2CCN(CC)CC2)cc1.I. The van der Waals surface area contributed by atoms with E-state index < -0.39 is 0 Å². The molecule has 32 heavy (non-hydrogen) atoms. The summed E-state index contributed by atoms with van der Waals surface area (Å²) in [6.45, 7) is 23.0. The van der Waals surface area contributed by atoms with E-state index in [0.717, 1.165) is 59.0 Å². The van der Waals surface area contributed by atoms with Crippen LogP contribution in [0.5, 0.6) is 0 Å². The van der Waals surface area contributed by atoms with Crippen LogP contribution >= 0.6 is 24.0 Å². The van der Waals surface area contributed by atoms with Crippen LogP contribution in [0.4, 0.5) is 5.69 Å². The minimum Gasteiger partial charge on any atom is -0.379 e. The summed E-state index contributed by atoms with van der Waals surface area (Å²) in [4.78, 5) is 9.65. The highest BCUT2D eigenvalue weighted by atomic mass is 127. The molecule has 1 aromatic rings. The van der Waals surface area contributed by atoms with Crippen molar-refractivity contribution >= 4 is 29.7 Å². The molecule has 2 saturated heterocycles. The molecule has 2 aliphatic heterocycles. The zero-order chi connectivity index (χ0) is 22.9. The highest BCUT2D eigenvalue weighted by Gasteiger charge is 2.15. The fourth-order valence-corrected chi connectivity index (χ4v) is 3.51.